The topological polar surface area (TPSA) is 78.5 Å². The largest absolute Gasteiger partial charge is 0.324 e. The Kier molecular flexibility index (Phi) is 5.58. The van der Waals surface area contributed by atoms with E-state index in [9.17, 15) is 13.2 Å². The lowest BCUT2D eigenvalue weighted by Gasteiger charge is -2.32. The molecule has 0 atom stereocenters. The fourth-order valence-corrected chi connectivity index (χ4v) is 4.23. The highest BCUT2D eigenvalue weighted by Crippen LogP contribution is 2.17. The zero-order valence-electron chi connectivity index (χ0n) is 14.7. The molecule has 0 bridgehead atoms. The molecule has 3 rings (SSSR count). The summed E-state index contributed by atoms with van der Waals surface area (Å²) in [6, 6.07) is 15.8. The molecule has 2 aromatic rings. The lowest BCUT2D eigenvalue weighted by atomic mass is 10.1. The van der Waals surface area contributed by atoms with Crippen molar-refractivity contribution in [3.63, 3.8) is 0 Å². The van der Waals surface area contributed by atoms with E-state index < -0.39 is 10.0 Å². The van der Waals surface area contributed by atoms with Crippen molar-refractivity contribution in [3.05, 3.63) is 60.2 Å². The van der Waals surface area contributed by atoms with E-state index in [1.54, 1.807) is 29.2 Å². The number of carbonyl (C=O) groups excluding carboxylic acids is 1. The highest BCUT2D eigenvalue weighted by atomic mass is 32.2. The summed E-state index contributed by atoms with van der Waals surface area (Å²) in [5.41, 5.74) is 1.77. The van der Waals surface area contributed by atoms with Crippen LogP contribution in [-0.2, 0) is 10.0 Å². The van der Waals surface area contributed by atoms with Gasteiger partial charge in [0.05, 0.1) is 4.90 Å². The molecule has 0 radical (unpaired) electrons. The predicted octanol–water partition coefficient (Wildman–Crippen LogP) is 2.97. The molecule has 1 fully saturated rings. The van der Waals surface area contributed by atoms with Gasteiger partial charge < -0.3 is 10.2 Å². The second kappa shape index (κ2) is 7.88. The first kappa shape index (κ1) is 18.4. The lowest BCUT2D eigenvalue weighted by Crippen LogP contribution is -2.47. The Hall–Kier alpha value is -2.38. The lowest BCUT2D eigenvalue weighted by molar-refractivity contribution is 0.193. The molecular formula is C19H23N3O3S. The number of benzene rings is 2. The van der Waals surface area contributed by atoms with Gasteiger partial charge in [-0.15, -0.1) is 0 Å². The van der Waals surface area contributed by atoms with Gasteiger partial charge in [0.2, 0.25) is 10.0 Å². The first-order valence-electron chi connectivity index (χ1n) is 8.64. The number of amides is 2. The van der Waals surface area contributed by atoms with Crippen LogP contribution in [0.25, 0.3) is 0 Å². The van der Waals surface area contributed by atoms with Crippen LogP contribution in [0.2, 0.25) is 0 Å². The molecule has 2 amide bonds. The average molecular weight is 373 g/mol. The van der Waals surface area contributed by atoms with Gasteiger partial charge in [0.25, 0.3) is 0 Å². The number of hydrogen-bond acceptors (Lipinski definition) is 3. The van der Waals surface area contributed by atoms with Gasteiger partial charge in [-0.1, -0.05) is 35.9 Å². The molecule has 0 spiro atoms. The first-order valence-corrected chi connectivity index (χ1v) is 10.1. The second-order valence-corrected chi connectivity index (χ2v) is 8.21. The molecular weight excluding hydrogens is 350 g/mol. The maximum Gasteiger partial charge on any atom is 0.321 e. The molecule has 1 aliphatic heterocycles. The summed E-state index contributed by atoms with van der Waals surface area (Å²) in [5.74, 6) is 0. The molecule has 2 N–H and O–H groups in total. The van der Waals surface area contributed by atoms with E-state index in [1.165, 1.54) is 0 Å². The van der Waals surface area contributed by atoms with Gasteiger partial charge in [-0.25, -0.2) is 17.9 Å². The molecule has 26 heavy (non-hydrogen) atoms. The highest BCUT2D eigenvalue weighted by molar-refractivity contribution is 7.89. The van der Waals surface area contributed by atoms with Crippen molar-refractivity contribution in [2.24, 2.45) is 0 Å². The Morgan fingerprint density at radius 2 is 1.62 bits per heavy atom. The maximum absolute atomic E-state index is 12.5. The van der Waals surface area contributed by atoms with Crippen LogP contribution in [0.3, 0.4) is 0 Å². The Balaban J connectivity index is 1.53. The summed E-state index contributed by atoms with van der Waals surface area (Å²) in [7, 11) is -3.53. The number of aryl methyl sites for hydroxylation is 1. The number of likely N-dealkylation sites (tertiary alicyclic amines) is 1. The summed E-state index contributed by atoms with van der Waals surface area (Å²) in [6.07, 6.45) is 1.18. The maximum atomic E-state index is 12.5. The molecule has 0 saturated carbocycles. The van der Waals surface area contributed by atoms with Crippen LogP contribution in [0.15, 0.2) is 59.5 Å². The van der Waals surface area contributed by atoms with Gasteiger partial charge in [-0.3, -0.25) is 0 Å². The van der Waals surface area contributed by atoms with Gasteiger partial charge in [-0.05, 0) is 44.0 Å². The minimum absolute atomic E-state index is 0.156. The molecule has 0 unspecified atom stereocenters. The van der Waals surface area contributed by atoms with Crippen molar-refractivity contribution in [1.82, 2.24) is 9.62 Å². The van der Waals surface area contributed by atoms with Gasteiger partial charge in [0.15, 0.2) is 0 Å². The van der Waals surface area contributed by atoms with E-state index >= 15 is 0 Å². The minimum Gasteiger partial charge on any atom is -0.324 e. The van der Waals surface area contributed by atoms with E-state index in [4.69, 9.17) is 0 Å². The minimum atomic E-state index is -3.53. The number of rotatable bonds is 4. The summed E-state index contributed by atoms with van der Waals surface area (Å²) >= 11 is 0. The van der Waals surface area contributed by atoms with E-state index in [0.717, 1.165) is 11.3 Å². The van der Waals surface area contributed by atoms with Crippen LogP contribution in [-0.4, -0.2) is 38.5 Å². The molecule has 0 aliphatic carbocycles. The third-order valence-corrected chi connectivity index (χ3v) is 6.00. The van der Waals surface area contributed by atoms with Crippen molar-refractivity contribution in [2.45, 2.75) is 30.7 Å². The number of urea groups is 1. The third kappa shape index (κ3) is 4.62. The van der Waals surface area contributed by atoms with Crippen LogP contribution < -0.4 is 10.0 Å². The fraction of sp³-hybridized carbons (Fsp3) is 0.316. The van der Waals surface area contributed by atoms with Crippen molar-refractivity contribution < 1.29 is 13.2 Å². The number of para-hydroxylation sites is 1. The Labute approximate surface area is 154 Å². The Morgan fingerprint density at radius 1 is 1.00 bits per heavy atom. The number of sulfonamides is 1. The van der Waals surface area contributed by atoms with E-state index in [-0.39, 0.29) is 17.0 Å². The van der Waals surface area contributed by atoms with Crippen molar-refractivity contribution >= 4 is 21.7 Å². The van der Waals surface area contributed by atoms with Crippen LogP contribution >= 0.6 is 0 Å². The summed E-state index contributed by atoms with van der Waals surface area (Å²) in [4.78, 5) is 14.3. The third-order valence-electron chi connectivity index (χ3n) is 4.46. The molecule has 138 valence electrons. The Morgan fingerprint density at radius 3 is 2.23 bits per heavy atom. The summed E-state index contributed by atoms with van der Waals surface area (Å²) < 4.78 is 27.7. The number of nitrogens with zero attached hydrogens (tertiary/aromatic N) is 1. The zero-order chi connectivity index (χ0) is 18.6. The van der Waals surface area contributed by atoms with Crippen LogP contribution in [0.4, 0.5) is 10.5 Å². The second-order valence-electron chi connectivity index (χ2n) is 6.49. The predicted molar refractivity (Wildman–Crippen MR) is 102 cm³/mol. The molecule has 1 saturated heterocycles. The quantitative estimate of drug-likeness (QED) is 0.865. The summed E-state index contributed by atoms with van der Waals surface area (Å²) in [5, 5.41) is 2.85. The van der Waals surface area contributed by atoms with Gasteiger partial charge in [0.1, 0.15) is 0 Å². The van der Waals surface area contributed by atoms with E-state index in [0.29, 0.717) is 25.9 Å². The van der Waals surface area contributed by atoms with Crippen molar-refractivity contribution in [2.75, 3.05) is 18.4 Å². The standard InChI is InChI=1S/C19H23N3O3S/c1-15-7-9-18(10-8-15)26(24,25)21-17-11-13-22(14-12-17)19(23)20-16-5-3-2-4-6-16/h2-10,17,21H,11-14H2,1H3,(H,20,23). The molecule has 1 aliphatic rings. The van der Waals surface area contributed by atoms with Crippen LogP contribution in [0, 0.1) is 6.92 Å². The number of hydrogen-bond donors (Lipinski definition) is 2. The van der Waals surface area contributed by atoms with E-state index in [1.807, 2.05) is 37.3 Å². The molecule has 0 aromatic heterocycles. The molecule has 6 nitrogen and oxygen atoms in total. The number of carbonyl (C=O) groups is 1. The van der Waals surface area contributed by atoms with Gasteiger partial charge in [-0.2, -0.15) is 0 Å². The fourth-order valence-electron chi connectivity index (χ4n) is 2.93. The molecule has 1 heterocycles. The molecule has 2 aromatic carbocycles. The van der Waals surface area contributed by atoms with E-state index in [2.05, 4.69) is 10.0 Å². The highest BCUT2D eigenvalue weighted by Gasteiger charge is 2.26. The average Bonchev–Trinajstić information content (AvgIpc) is 2.63. The van der Waals surface area contributed by atoms with Gasteiger partial charge in [0, 0.05) is 24.8 Å². The smallest absolute Gasteiger partial charge is 0.321 e. The monoisotopic (exact) mass is 373 g/mol. The van der Waals surface area contributed by atoms with Crippen molar-refractivity contribution in [1.29, 1.82) is 0 Å². The first-order chi connectivity index (χ1) is 12.4. The van der Waals surface area contributed by atoms with Crippen LogP contribution in [0.5, 0.6) is 0 Å². The number of nitrogens with one attached hydrogen (secondary N) is 2. The SMILES string of the molecule is Cc1ccc(S(=O)(=O)NC2CCN(C(=O)Nc3ccccc3)CC2)cc1. The van der Waals surface area contributed by atoms with Gasteiger partial charge >= 0.3 is 6.03 Å². The summed E-state index contributed by atoms with van der Waals surface area (Å²) in [6.45, 7) is 2.94. The number of piperidine rings is 1. The normalized spacial score (nSPS) is 15.7. The van der Waals surface area contributed by atoms with Crippen LogP contribution in [0.1, 0.15) is 18.4 Å². The van der Waals surface area contributed by atoms with Crippen molar-refractivity contribution in [3.8, 4) is 0 Å². The number of anilines is 1. The zero-order valence-corrected chi connectivity index (χ0v) is 15.5. The molecule has 7 heteroatoms. The Bertz CT molecular complexity index is 843.